The molecule has 0 aliphatic heterocycles. The molecule has 0 bridgehead atoms. The highest BCUT2D eigenvalue weighted by molar-refractivity contribution is 5.69. The summed E-state index contributed by atoms with van der Waals surface area (Å²) < 4.78 is 0. The third-order valence-electron chi connectivity index (χ3n) is 2.58. The summed E-state index contributed by atoms with van der Waals surface area (Å²) in [5, 5.41) is 8.69. The minimum Gasteiger partial charge on any atom is -0.480 e. The van der Waals surface area contributed by atoms with Crippen molar-refractivity contribution in [1.29, 1.82) is 0 Å². The highest BCUT2D eigenvalue weighted by Gasteiger charge is 2.32. The average Bonchev–Trinajstić information content (AvgIpc) is 2.84. The molecule has 13 heavy (non-hydrogen) atoms. The summed E-state index contributed by atoms with van der Waals surface area (Å²) >= 11 is 0. The van der Waals surface area contributed by atoms with Gasteiger partial charge in [-0.15, -0.1) is 6.58 Å². The Balaban J connectivity index is 2.43. The summed E-state index contributed by atoms with van der Waals surface area (Å²) in [7, 11) is 0. The third-order valence-corrected chi connectivity index (χ3v) is 2.58. The van der Waals surface area contributed by atoms with E-state index >= 15 is 0 Å². The smallest absolute Gasteiger partial charge is 0.317 e. The maximum Gasteiger partial charge on any atom is 0.317 e. The second kappa shape index (κ2) is 4.42. The van der Waals surface area contributed by atoms with Crippen molar-refractivity contribution in [2.24, 2.45) is 5.92 Å². The molecule has 3 nitrogen and oxygen atoms in total. The fourth-order valence-corrected chi connectivity index (χ4v) is 1.59. The van der Waals surface area contributed by atoms with E-state index in [2.05, 4.69) is 13.5 Å². The molecule has 74 valence electrons. The number of carbonyl (C=O) groups is 1. The van der Waals surface area contributed by atoms with E-state index in [0.29, 0.717) is 18.5 Å². The molecule has 0 aromatic carbocycles. The van der Waals surface area contributed by atoms with Crippen molar-refractivity contribution in [3.63, 3.8) is 0 Å². The highest BCUT2D eigenvalue weighted by atomic mass is 16.4. The lowest BCUT2D eigenvalue weighted by atomic mass is 10.2. The number of nitrogens with zero attached hydrogens (tertiary/aromatic N) is 1. The lowest BCUT2D eigenvalue weighted by Crippen LogP contribution is -2.38. The quantitative estimate of drug-likeness (QED) is 0.632. The molecule has 0 spiro atoms. The van der Waals surface area contributed by atoms with Crippen LogP contribution in [0, 0.1) is 5.92 Å². The van der Waals surface area contributed by atoms with Crippen LogP contribution in [0.2, 0.25) is 0 Å². The van der Waals surface area contributed by atoms with Crippen LogP contribution in [-0.2, 0) is 4.79 Å². The molecule has 0 radical (unpaired) electrons. The van der Waals surface area contributed by atoms with E-state index in [-0.39, 0.29) is 6.54 Å². The maximum absolute atomic E-state index is 10.6. The van der Waals surface area contributed by atoms with Gasteiger partial charge in [0.05, 0.1) is 6.54 Å². The number of carboxylic acids is 1. The zero-order valence-electron chi connectivity index (χ0n) is 8.07. The lowest BCUT2D eigenvalue weighted by Gasteiger charge is -2.25. The Bertz CT molecular complexity index is 199. The summed E-state index contributed by atoms with van der Waals surface area (Å²) in [6.07, 6.45) is 4.25. The number of rotatable bonds is 6. The molecule has 0 saturated heterocycles. The van der Waals surface area contributed by atoms with Crippen LogP contribution in [0.25, 0.3) is 0 Å². The lowest BCUT2D eigenvalue weighted by molar-refractivity contribution is -0.138. The van der Waals surface area contributed by atoms with Gasteiger partial charge in [-0.1, -0.05) is 6.08 Å². The molecule has 1 fully saturated rings. The van der Waals surface area contributed by atoms with Crippen LogP contribution in [0.1, 0.15) is 19.8 Å². The molecule has 0 aromatic rings. The van der Waals surface area contributed by atoms with Crippen LogP contribution in [0.4, 0.5) is 0 Å². The Labute approximate surface area is 79.0 Å². The van der Waals surface area contributed by atoms with Crippen LogP contribution in [0.15, 0.2) is 12.7 Å². The Kier molecular flexibility index (Phi) is 3.48. The molecule has 1 saturated carbocycles. The Morgan fingerprint density at radius 2 is 2.38 bits per heavy atom. The maximum atomic E-state index is 10.6. The Morgan fingerprint density at radius 3 is 2.77 bits per heavy atom. The Hall–Kier alpha value is -0.830. The van der Waals surface area contributed by atoms with Gasteiger partial charge in [0.25, 0.3) is 0 Å². The van der Waals surface area contributed by atoms with Crippen LogP contribution in [0.3, 0.4) is 0 Å². The summed E-state index contributed by atoms with van der Waals surface area (Å²) in [5.74, 6) is -0.0475. The van der Waals surface area contributed by atoms with E-state index in [1.807, 2.05) is 4.90 Å². The zero-order chi connectivity index (χ0) is 9.84. The van der Waals surface area contributed by atoms with Crippen molar-refractivity contribution in [3.8, 4) is 0 Å². The predicted octanol–water partition coefficient (Wildman–Crippen LogP) is 1.36. The minimum absolute atomic E-state index is 0.129. The molecule has 0 heterocycles. The number of hydrogen-bond donors (Lipinski definition) is 1. The second-order valence-corrected chi connectivity index (χ2v) is 3.69. The summed E-state index contributed by atoms with van der Waals surface area (Å²) in [5.41, 5.74) is 0. The van der Waals surface area contributed by atoms with Gasteiger partial charge < -0.3 is 5.11 Å². The molecule has 3 heteroatoms. The van der Waals surface area contributed by atoms with Crippen LogP contribution < -0.4 is 0 Å². The first-order chi connectivity index (χ1) is 6.15. The van der Waals surface area contributed by atoms with Crippen molar-refractivity contribution < 1.29 is 9.90 Å². The fourth-order valence-electron chi connectivity index (χ4n) is 1.59. The van der Waals surface area contributed by atoms with Gasteiger partial charge in [0.15, 0.2) is 0 Å². The number of aliphatic carboxylic acids is 1. The molecule has 1 aliphatic carbocycles. The molecule has 0 amide bonds. The first-order valence-electron chi connectivity index (χ1n) is 4.72. The van der Waals surface area contributed by atoms with Gasteiger partial charge in [0.1, 0.15) is 0 Å². The van der Waals surface area contributed by atoms with Crippen molar-refractivity contribution in [3.05, 3.63) is 12.7 Å². The fraction of sp³-hybridized carbons (Fsp3) is 0.700. The molecular formula is C10H17NO2. The van der Waals surface area contributed by atoms with Gasteiger partial charge >= 0.3 is 5.97 Å². The van der Waals surface area contributed by atoms with E-state index in [4.69, 9.17) is 5.11 Å². The normalized spacial score (nSPS) is 18.6. The summed E-state index contributed by atoms with van der Waals surface area (Å²) in [6, 6.07) is 0.383. The molecule has 0 aromatic heterocycles. The zero-order valence-corrected chi connectivity index (χ0v) is 8.07. The number of carboxylic acid groups (broad SMARTS) is 1. The van der Waals surface area contributed by atoms with Crippen LogP contribution in [0.5, 0.6) is 0 Å². The van der Waals surface area contributed by atoms with Crippen molar-refractivity contribution in [2.45, 2.75) is 25.8 Å². The molecule has 1 aliphatic rings. The first-order valence-corrected chi connectivity index (χ1v) is 4.72. The van der Waals surface area contributed by atoms with Crippen molar-refractivity contribution in [2.75, 3.05) is 13.1 Å². The number of hydrogen-bond acceptors (Lipinski definition) is 2. The van der Waals surface area contributed by atoms with E-state index in [1.165, 1.54) is 12.8 Å². The average molecular weight is 183 g/mol. The standard InChI is InChI=1S/C10H17NO2/c1-3-6-11(7-10(12)13)8(2)9-4-5-9/h3,8-9H,1,4-7H2,2H3,(H,12,13). The monoisotopic (exact) mass is 183 g/mol. The van der Waals surface area contributed by atoms with Gasteiger partial charge in [-0.25, -0.2) is 0 Å². The van der Waals surface area contributed by atoms with Gasteiger partial charge in [0, 0.05) is 12.6 Å². The van der Waals surface area contributed by atoms with Gasteiger partial charge in [-0.05, 0) is 25.7 Å². The van der Waals surface area contributed by atoms with Gasteiger partial charge in [0.2, 0.25) is 0 Å². The van der Waals surface area contributed by atoms with E-state index in [0.717, 1.165) is 0 Å². The molecule has 1 atom stereocenters. The predicted molar refractivity (Wildman–Crippen MR) is 51.6 cm³/mol. The van der Waals surface area contributed by atoms with E-state index in [1.54, 1.807) is 6.08 Å². The van der Waals surface area contributed by atoms with Crippen LogP contribution >= 0.6 is 0 Å². The minimum atomic E-state index is -0.755. The van der Waals surface area contributed by atoms with E-state index < -0.39 is 5.97 Å². The third kappa shape index (κ3) is 3.19. The highest BCUT2D eigenvalue weighted by Crippen LogP contribution is 2.34. The molecule has 1 unspecified atom stereocenters. The van der Waals surface area contributed by atoms with Gasteiger partial charge in [-0.2, -0.15) is 0 Å². The van der Waals surface area contributed by atoms with Gasteiger partial charge in [-0.3, -0.25) is 9.69 Å². The first kappa shape index (κ1) is 10.3. The summed E-state index contributed by atoms with van der Waals surface area (Å²) in [6.45, 7) is 6.54. The van der Waals surface area contributed by atoms with Crippen LogP contribution in [-0.4, -0.2) is 35.1 Å². The molecule has 1 N–H and O–H groups in total. The Morgan fingerprint density at radius 1 is 1.77 bits per heavy atom. The largest absolute Gasteiger partial charge is 0.480 e. The van der Waals surface area contributed by atoms with Crippen molar-refractivity contribution in [1.82, 2.24) is 4.90 Å². The molecule has 1 rings (SSSR count). The topological polar surface area (TPSA) is 40.5 Å². The summed E-state index contributed by atoms with van der Waals surface area (Å²) in [4.78, 5) is 12.5. The SMILES string of the molecule is C=CCN(CC(=O)O)C(C)C1CC1. The van der Waals surface area contributed by atoms with Crippen molar-refractivity contribution >= 4 is 5.97 Å². The van der Waals surface area contributed by atoms with E-state index in [9.17, 15) is 4.79 Å². The molecular weight excluding hydrogens is 166 g/mol. The second-order valence-electron chi connectivity index (χ2n) is 3.69.